The van der Waals surface area contributed by atoms with Gasteiger partial charge in [0.1, 0.15) is 6.04 Å². The Morgan fingerprint density at radius 3 is 2.26 bits per heavy atom. The van der Waals surface area contributed by atoms with E-state index in [2.05, 4.69) is 5.32 Å². The number of benzene rings is 3. The summed E-state index contributed by atoms with van der Waals surface area (Å²) >= 11 is 6.18. The number of carbonyl (C=O) groups is 2. The van der Waals surface area contributed by atoms with E-state index in [0.29, 0.717) is 17.1 Å². The van der Waals surface area contributed by atoms with Gasteiger partial charge in [-0.2, -0.15) is 0 Å². The van der Waals surface area contributed by atoms with E-state index in [4.69, 9.17) is 11.6 Å². The second-order valence-electron chi connectivity index (χ2n) is 10.8. The van der Waals surface area contributed by atoms with Crippen molar-refractivity contribution in [1.29, 1.82) is 0 Å². The van der Waals surface area contributed by atoms with E-state index in [1.165, 1.54) is 4.31 Å². The predicted octanol–water partition coefficient (Wildman–Crippen LogP) is 6.06. The normalized spacial score (nSPS) is 12.8. The standard InChI is InChI=1S/C33H42ClN3O4S/c1-6-26(4)35-33(39)31(21-27-14-8-7-9-15-27)36(23-28-16-11-10-13-24(28)2)32(38)17-12-20-37(42(5,40)41)30-22-29(34)19-18-25(30)3/h7-11,13-16,18-19,22,26,31H,6,12,17,20-21,23H2,1-5H3,(H,35,39)/t26-,31-/m0/s1. The van der Waals surface area contributed by atoms with Crippen molar-refractivity contribution >= 4 is 39.1 Å². The first kappa shape index (κ1) is 33.1. The summed E-state index contributed by atoms with van der Waals surface area (Å²) < 4.78 is 26.8. The van der Waals surface area contributed by atoms with Gasteiger partial charge in [-0.05, 0) is 68.0 Å². The largest absolute Gasteiger partial charge is 0.352 e. The SMILES string of the molecule is CC[C@H](C)NC(=O)[C@H](Cc1ccccc1)N(Cc1ccccc1C)C(=O)CCCN(c1cc(Cl)ccc1C)S(C)(=O)=O. The van der Waals surface area contributed by atoms with E-state index >= 15 is 0 Å². The molecule has 3 rings (SSSR count). The molecule has 0 unspecified atom stereocenters. The molecule has 0 saturated carbocycles. The highest BCUT2D eigenvalue weighted by molar-refractivity contribution is 7.92. The maximum Gasteiger partial charge on any atom is 0.243 e. The number of nitrogens with zero attached hydrogens (tertiary/aromatic N) is 2. The molecule has 226 valence electrons. The van der Waals surface area contributed by atoms with E-state index in [9.17, 15) is 18.0 Å². The molecule has 0 aromatic heterocycles. The van der Waals surface area contributed by atoms with Crippen molar-refractivity contribution in [2.24, 2.45) is 0 Å². The fourth-order valence-electron chi connectivity index (χ4n) is 4.80. The average molecular weight is 612 g/mol. The molecular formula is C33H42ClN3O4S. The first-order chi connectivity index (χ1) is 19.9. The van der Waals surface area contributed by atoms with Crippen LogP contribution in [0.25, 0.3) is 0 Å². The van der Waals surface area contributed by atoms with Crippen LogP contribution in [0.15, 0.2) is 72.8 Å². The molecule has 0 aliphatic heterocycles. The Morgan fingerprint density at radius 2 is 1.62 bits per heavy atom. The Kier molecular flexibility index (Phi) is 12.0. The van der Waals surface area contributed by atoms with Crippen molar-refractivity contribution in [2.45, 2.75) is 72.0 Å². The van der Waals surface area contributed by atoms with Gasteiger partial charge in [0.25, 0.3) is 0 Å². The van der Waals surface area contributed by atoms with Crippen molar-refractivity contribution in [3.63, 3.8) is 0 Å². The van der Waals surface area contributed by atoms with Crippen molar-refractivity contribution in [1.82, 2.24) is 10.2 Å². The van der Waals surface area contributed by atoms with Gasteiger partial charge >= 0.3 is 0 Å². The highest BCUT2D eigenvalue weighted by Crippen LogP contribution is 2.27. The molecule has 7 nitrogen and oxygen atoms in total. The smallest absolute Gasteiger partial charge is 0.243 e. The summed E-state index contributed by atoms with van der Waals surface area (Å²) in [5.41, 5.74) is 4.18. The van der Waals surface area contributed by atoms with Crippen LogP contribution in [0.5, 0.6) is 0 Å². The molecule has 0 aliphatic rings. The number of nitrogens with one attached hydrogen (secondary N) is 1. The Morgan fingerprint density at radius 1 is 0.952 bits per heavy atom. The van der Waals surface area contributed by atoms with Crippen molar-refractivity contribution in [3.05, 3.63) is 100 Å². The summed E-state index contributed by atoms with van der Waals surface area (Å²) in [6.07, 6.45) is 2.61. The number of rotatable bonds is 14. The van der Waals surface area contributed by atoms with Crippen LogP contribution in [0, 0.1) is 13.8 Å². The number of anilines is 1. The minimum atomic E-state index is -3.63. The third kappa shape index (κ3) is 9.33. The second-order valence-corrected chi connectivity index (χ2v) is 13.2. The van der Waals surface area contributed by atoms with Gasteiger partial charge in [0, 0.05) is 37.0 Å². The fraction of sp³-hybridized carbons (Fsp3) is 0.394. The van der Waals surface area contributed by atoms with Crippen LogP contribution in [-0.4, -0.2) is 50.0 Å². The summed E-state index contributed by atoms with van der Waals surface area (Å²) in [5, 5.41) is 3.51. The highest BCUT2D eigenvalue weighted by atomic mass is 35.5. The zero-order chi connectivity index (χ0) is 30.9. The number of aryl methyl sites for hydroxylation is 2. The van der Waals surface area contributed by atoms with Gasteiger partial charge < -0.3 is 10.2 Å². The molecule has 0 bridgehead atoms. The number of amides is 2. The summed E-state index contributed by atoms with van der Waals surface area (Å²) in [6.45, 7) is 8.13. The lowest BCUT2D eigenvalue weighted by Gasteiger charge is -2.33. The van der Waals surface area contributed by atoms with Gasteiger partial charge in [0.2, 0.25) is 21.8 Å². The molecule has 0 radical (unpaired) electrons. The van der Waals surface area contributed by atoms with E-state index in [1.807, 2.05) is 82.3 Å². The molecule has 3 aromatic rings. The van der Waals surface area contributed by atoms with Crippen LogP contribution in [0.2, 0.25) is 5.02 Å². The zero-order valence-electron chi connectivity index (χ0n) is 25.1. The van der Waals surface area contributed by atoms with E-state index < -0.39 is 16.1 Å². The molecule has 0 heterocycles. The predicted molar refractivity (Wildman–Crippen MR) is 171 cm³/mol. The first-order valence-corrected chi connectivity index (χ1v) is 16.6. The lowest BCUT2D eigenvalue weighted by Crippen LogP contribution is -2.52. The average Bonchev–Trinajstić information content (AvgIpc) is 2.95. The molecule has 2 amide bonds. The molecule has 3 aromatic carbocycles. The van der Waals surface area contributed by atoms with Gasteiger partial charge in [0.15, 0.2) is 0 Å². The monoisotopic (exact) mass is 611 g/mol. The molecule has 1 N–H and O–H groups in total. The molecule has 42 heavy (non-hydrogen) atoms. The molecule has 0 spiro atoms. The first-order valence-electron chi connectivity index (χ1n) is 14.3. The maximum atomic E-state index is 14.0. The van der Waals surface area contributed by atoms with Crippen molar-refractivity contribution < 1.29 is 18.0 Å². The topological polar surface area (TPSA) is 86.8 Å². The highest BCUT2D eigenvalue weighted by Gasteiger charge is 2.31. The Labute approximate surface area is 255 Å². The summed E-state index contributed by atoms with van der Waals surface area (Å²) in [6, 6.07) is 21.8. The number of hydrogen-bond donors (Lipinski definition) is 1. The third-order valence-electron chi connectivity index (χ3n) is 7.47. The molecule has 0 saturated heterocycles. The quantitative estimate of drug-likeness (QED) is 0.240. The fourth-order valence-corrected chi connectivity index (χ4v) is 5.98. The van der Waals surface area contributed by atoms with Crippen LogP contribution >= 0.6 is 11.6 Å². The van der Waals surface area contributed by atoms with Gasteiger partial charge in [0.05, 0.1) is 11.9 Å². The lowest BCUT2D eigenvalue weighted by molar-refractivity contribution is -0.141. The molecule has 9 heteroatoms. The van der Waals surface area contributed by atoms with Crippen LogP contribution in [0.4, 0.5) is 5.69 Å². The van der Waals surface area contributed by atoms with Gasteiger partial charge in [-0.15, -0.1) is 0 Å². The minimum absolute atomic E-state index is 0.0459. The zero-order valence-corrected chi connectivity index (χ0v) is 26.7. The van der Waals surface area contributed by atoms with Gasteiger partial charge in [-0.25, -0.2) is 8.42 Å². The van der Waals surface area contributed by atoms with Gasteiger partial charge in [-0.3, -0.25) is 13.9 Å². The summed E-state index contributed by atoms with van der Waals surface area (Å²) in [5.74, 6) is -0.419. The summed E-state index contributed by atoms with van der Waals surface area (Å²) in [4.78, 5) is 29.4. The number of halogens is 1. The van der Waals surface area contributed by atoms with E-state index in [0.717, 1.165) is 34.9 Å². The number of carbonyl (C=O) groups excluding carboxylic acids is 2. The molecule has 0 fully saturated rings. The van der Waals surface area contributed by atoms with E-state index in [1.54, 1.807) is 23.1 Å². The van der Waals surface area contributed by atoms with Crippen LogP contribution < -0.4 is 9.62 Å². The molecule has 0 aliphatic carbocycles. The lowest BCUT2D eigenvalue weighted by atomic mass is 10.0. The van der Waals surface area contributed by atoms with Crippen LogP contribution in [0.1, 0.15) is 55.4 Å². The Hall–Kier alpha value is -3.36. The summed E-state index contributed by atoms with van der Waals surface area (Å²) in [7, 11) is -3.63. The van der Waals surface area contributed by atoms with Gasteiger partial charge in [-0.1, -0.05) is 79.2 Å². The number of hydrogen-bond acceptors (Lipinski definition) is 4. The third-order valence-corrected chi connectivity index (χ3v) is 8.88. The number of sulfonamides is 1. The maximum absolute atomic E-state index is 14.0. The molecular weight excluding hydrogens is 570 g/mol. The van der Waals surface area contributed by atoms with E-state index in [-0.39, 0.29) is 43.8 Å². The van der Waals surface area contributed by atoms with Crippen molar-refractivity contribution in [2.75, 3.05) is 17.1 Å². The Balaban J connectivity index is 1.92. The second kappa shape index (κ2) is 15.2. The van der Waals surface area contributed by atoms with Crippen molar-refractivity contribution in [3.8, 4) is 0 Å². The Bertz CT molecular complexity index is 1460. The molecule has 2 atom stereocenters. The minimum Gasteiger partial charge on any atom is -0.352 e. The van der Waals surface area contributed by atoms with Crippen LogP contribution in [-0.2, 0) is 32.6 Å². The van der Waals surface area contributed by atoms with Crippen LogP contribution in [0.3, 0.4) is 0 Å².